The number of hydrogen-bond donors (Lipinski definition) is 1. The van der Waals surface area contributed by atoms with Gasteiger partial charge in [0.1, 0.15) is 11.6 Å². The van der Waals surface area contributed by atoms with E-state index in [1.807, 2.05) is 6.07 Å². The second-order valence-electron chi connectivity index (χ2n) is 5.63. The standard InChI is InChI=1S/C17H22FN3/c1-2-4-17-20-15-12-19-9-7-16(15)21(17)10-8-13-5-3-6-14(18)11-13/h3,5-6,11,19H,2,4,7-10,12H2,1H3. The molecule has 0 aliphatic carbocycles. The molecule has 0 atom stereocenters. The van der Waals surface area contributed by atoms with Crippen molar-refractivity contribution in [2.45, 2.75) is 45.7 Å². The normalized spacial score (nSPS) is 14.2. The number of fused-ring (bicyclic) bond motifs is 1. The van der Waals surface area contributed by atoms with Gasteiger partial charge in [0.05, 0.1) is 5.69 Å². The number of hydrogen-bond acceptors (Lipinski definition) is 2. The molecule has 0 bridgehead atoms. The highest BCUT2D eigenvalue weighted by molar-refractivity contribution is 5.22. The molecule has 1 N–H and O–H groups in total. The van der Waals surface area contributed by atoms with E-state index in [0.717, 1.165) is 50.9 Å². The van der Waals surface area contributed by atoms with Gasteiger partial charge in [0, 0.05) is 38.2 Å². The number of benzene rings is 1. The summed E-state index contributed by atoms with van der Waals surface area (Å²) in [5.74, 6) is 1.03. The summed E-state index contributed by atoms with van der Waals surface area (Å²) in [6.45, 7) is 4.97. The Morgan fingerprint density at radius 1 is 1.33 bits per heavy atom. The summed E-state index contributed by atoms with van der Waals surface area (Å²) < 4.78 is 15.6. The Morgan fingerprint density at radius 3 is 3.05 bits per heavy atom. The summed E-state index contributed by atoms with van der Waals surface area (Å²) in [4.78, 5) is 4.80. The van der Waals surface area contributed by atoms with Crippen LogP contribution in [0, 0.1) is 5.82 Å². The molecule has 0 saturated heterocycles. The van der Waals surface area contributed by atoms with Crippen LogP contribution in [0.4, 0.5) is 4.39 Å². The average molecular weight is 287 g/mol. The molecule has 1 aromatic carbocycles. The minimum Gasteiger partial charge on any atom is -0.331 e. The number of nitrogens with zero attached hydrogens (tertiary/aromatic N) is 2. The van der Waals surface area contributed by atoms with Crippen molar-refractivity contribution in [1.29, 1.82) is 0 Å². The van der Waals surface area contributed by atoms with E-state index in [1.54, 1.807) is 12.1 Å². The zero-order chi connectivity index (χ0) is 14.7. The van der Waals surface area contributed by atoms with Crippen LogP contribution in [0.25, 0.3) is 0 Å². The lowest BCUT2D eigenvalue weighted by Gasteiger charge is -2.16. The fourth-order valence-corrected chi connectivity index (χ4v) is 3.04. The minimum atomic E-state index is -0.154. The van der Waals surface area contributed by atoms with Crippen molar-refractivity contribution in [1.82, 2.24) is 14.9 Å². The van der Waals surface area contributed by atoms with Crippen LogP contribution in [0.5, 0.6) is 0 Å². The Bertz CT molecular complexity index is 618. The predicted molar refractivity (Wildman–Crippen MR) is 81.7 cm³/mol. The van der Waals surface area contributed by atoms with Gasteiger partial charge < -0.3 is 9.88 Å². The van der Waals surface area contributed by atoms with Crippen molar-refractivity contribution >= 4 is 0 Å². The fourth-order valence-electron chi connectivity index (χ4n) is 3.04. The molecule has 0 saturated carbocycles. The smallest absolute Gasteiger partial charge is 0.123 e. The largest absolute Gasteiger partial charge is 0.331 e. The van der Waals surface area contributed by atoms with Gasteiger partial charge in [-0.3, -0.25) is 0 Å². The lowest BCUT2D eigenvalue weighted by molar-refractivity contribution is 0.572. The summed E-state index contributed by atoms with van der Waals surface area (Å²) in [5.41, 5.74) is 3.62. The first kappa shape index (κ1) is 14.3. The Morgan fingerprint density at radius 2 is 2.24 bits per heavy atom. The van der Waals surface area contributed by atoms with Crippen LogP contribution in [0.15, 0.2) is 24.3 Å². The van der Waals surface area contributed by atoms with E-state index in [2.05, 4.69) is 16.8 Å². The molecule has 4 heteroatoms. The molecule has 1 aromatic heterocycles. The topological polar surface area (TPSA) is 29.9 Å². The maximum absolute atomic E-state index is 13.3. The number of imidazole rings is 1. The van der Waals surface area contributed by atoms with E-state index in [1.165, 1.54) is 23.3 Å². The third-order valence-corrected chi connectivity index (χ3v) is 4.05. The van der Waals surface area contributed by atoms with E-state index < -0.39 is 0 Å². The highest BCUT2D eigenvalue weighted by Crippen LogP contribution is 2.18. The molecule has 0 unspecified atom stereocenters. The van der Waals surface area contributed by atoms with Gasteiger partial charge in [0.25, 0.3) is 0 Å². The molecular weight excluding hydrogens is 265 g/mol. The first-order valence-corrected chi connectivity index (χ1v) is 7.80. The van der Waals surface area contributed by atoms with Crippen LogP contribution < -0.4 is 5.32 Å². The van der Waals surface area contributed by atoms with Crippen molar-refractivity contribution in [2.75, 3.05) is 6.54 Å². The van der Waals surface area contributed by atoms with Crippen molar-refractivity contribution < 1.29 is 4.39 Å². The Balaban J connectivity index is 1.81. The molecular formula is C17H22FN3. The molecule has 2 heterocycles. The quantitative estimate of drug-likeness (QED) is 0.916. The van der Waals surface area contributed by atoms with Crippen LogP contribution in [0.3, 0.4) is 0 Å². The van der Waals surface area contributed by atoms with E-state index in [9.17, 15) is 4.39 Å². The van der Waals surface area contributed by atoms with Gasteiger partial charge in [0.15, 0.2) is 0 Å². The fraction of sp³-hybridized carbons (Fsp3) is 0.471. The van der Waals surface area contributed by atoms with Crippen LogP contribution in [-0.4, -0.2) is 16.1 Å². The SMILES string of the molecule is CCCc1nc2c(n1CCc1cccc(F)c1)CCNC2. The zero-order valence-electron chi connectivity index (χ0n) is 12.5. The molecule has 0 radical (unpaired) electrons. The van der Waals surface area contributed by atoms with Crippen molar-refractivity contribution in [3.8, 4) is 0 Å². The van der Waals surface area contributed by atoms with Crippen LogP contribution in [0.2, 0.25) is 0 Å². The number of aromatic nitrogens is 2. The number of nitrogens with one attached hydrogen (secondary N) is 1. The van der Waals surface area contributed by atoms with E-state index in [0.29, 0.717) is 0 Å². The molecule has 3 nitrogen and oxygen atoms in total. The van der Waals surface area contributed by atoms with Crippen LogP contribution in [-0.2, 0) is 32.4 Å². The molecule has 1 aliphatic heterocycles. The number of rotatable bonds is 5. The Kier molecular flexibility index (Phi) is 4.34. The second kappa shape index (κ2) is 6.39. The van der Waals surface area contributed by atoms with Gasteiger partial charge in [-0.1, -0.05) is 19.1 Å². The lowest BCUT2D eigenvalue weighted by atomic mass is 10.1. The first-order valence-electron chi connectivity index (χ1n) is 7.80. The molecule has 21 heavy (non-hydrogen) atoms. The van der Waals surface area contributed by atoms with Crippen LogP contribution in [0.1, 0.15) is 36.1 Å². The first-order chi connectivity index (χ1) is 10.3. The third kappa shape index (κ3) is 3.16. The van der Waals surface area contributed by atoms with Gasteiger partial charge in [-0.05, 0) is 30.5 Å². The van der Waals surface area contributed by atoms with Crippen LogP contribution >= 0.6 is 0 Å². The number of aryl methyl sites for hydroxylation is 2. The average Bonchev–Trinajstić information content (AvgIpc) is 2.83. The summed E-state index contributed by atoms with van der Waals surface area (Å²) in [6.07, 6.45) is 4.00. The summed E-state index contributed by atoms with van der Waals surface area (Å²) in [7, 11) is 0. The second-order valence-corrected chi connectivity index (χ2v) is 5.63. The molecule has 2 aromatic rings. The molecule has 0 spiro atoms. The van der Waals surface area contributed by atoms with Crippen molar-refractivity contribution in [3.63, 3.8) is 0 Å². The zero-order valence-corrected chi connectivity index (χ0v) is 12.5. The van der Waals surface area contributed by atoms with Gasteiger partial charge >= 0.3 is 0 Å². The summed E-state index contributed by atoms with van der Waals surface area (Å²) in [5, 5.41) is 3.38. The van der Waals surface area contributed by atoms with Gasteiger partial charge in [-0.25, -0.2) is 9.37 Å². The molecule has 1 aliphatic rings. The van der Waals surface area contributed by atoms with Gasteiger partial charge in [-0.15, -0.1) is 0 Å². The molecule has 0 fully saturated rings. The monoisotopic (exact) mass is 287 g/mol. The number of halogens is 1. The van der Waals surface area contributed by atoms with Crippen molar-refractivity contribution in [2.24, 2.45) is 0 Å². The maximum atomic E-state index is 13.3. The summed E-state index contributed by atoms with van der Waals surface area (Å²) in [6, 6.07) is 6.90. The minimum absolute atomic E-state index is 0.154. The summed E-state index contributed by atoms with van der Waals surface area (Å²) >= 11 is 0. The predicted octanol–water partition coefficient (Wildman–Crippen LogP) is 2.86. The third-order valence-electron chi connectivity index (χ3n) is 4.05. The molecule has 0 amide bonds. The highest BCUT2D eigenvalue weighted by Gasteiger charge is 2.18. The van der Waals surface area contributed by atoms with Gasteiger partial charge in [-0.2, -0.15) is 0 Å². The maximum Gasteiger partial charge on any atom is 0.123 e. The van der Waals surface area contributed by atoms with Crippen molar-refractivity contribution in [3.05, 3.63) is 52.9 Å². The van der Waals surface area contributed by atoms with E-state index in [-0.39, 0.29) is 5.82 Å². The Hall–Kier alpha value is -1.68. The Labute approximate surface area is 125 Å². The van der Waals surface area contributed by atoms with E-state index in [4.69, 9.17) is 4.98 Å². The van der Waals surface area contributed by atoms with E-state index >= 15 is 0 Å². The van der Waals surface area contributed by atoms with Gasteiger partial charge in [0.2, 0.25) is 0 Å². The lowest BCUT2D eigenvalue weighted by Crippen LogP contribution is -2.25. The molecule has 112 valence electrons. The highest BCUT2D eigenvalue weighted by atomic mass is 19.1. The molecule has 3 rings (SSSR count).